The lowest BCUT2D eigenvalue weighted by molar-refractivity contribution is -0.146. The molecule has 3 aromatic rings. The van der Waals surface area contributed by atoms with Gasteiger partial charge in [0.25, 0.3) is 0 Å². The fourth-order valence-electron chi connectivity index (χ4n) is 3.14. The Kier molecular flexibility index (Phi) is 6.17. The first-order valence-corrected chi connectivity index (χ1v) is 10.8. The van der Waals surface area contributed by atoms with Crippen molar-refractivity contribution >= 4 is 57.3 Å². The van der Waals surface area contributed by atoms with Crippen LogP contribution in [0.1, 0.15) is 16.8 Å². The summed E-state index contributed by atoms with van der Waals surface area (Å²) in [6.07, 6.45) is 2.34. The Balaban J connectivity index is 1.40. The fourth-order valence-corrected chi connectivity index (χ4v) is 4.20. The van der Waals surface area contributed by atoms with Gasteiger partial charge in [-0.1, -0.05) is 35.3 Å². The zero-order valence-corrected chi connectivity index (χ0v) is 18.0. The van der Waals surface area contributed by atoms with Crippen molar-refractivity contribution in [1.29, 1.82) is 0 Å². The number of carbonyl (C=O) groups is 2. The van der Waals surface area contributed by atoms with E-state index in [0.717, 1.165) is 16.4 Å². The maximum absolute atomic E-state index is 12.6. The second-order valence-corrected chi connectivity index (χ2v) is 8.33. The van der Waals surface area contributed by atoms with Gasteiger partial charge in [0.2, 0.25) is 0 Å². The number of carbonyl (C=O) groups excluding carboxylic acids is 2. The highest BCUT2D eigenvalue weighted by Gasteiger charge is 2.27. The van der Waals surface area contributed by atoms with E-state index in [-0.39, 0.29) is 13.1 Å². The van der Waals surface area contributed by atoms with Crippen molar-refractivity contribution in [1.82, 2.24) is 20.2 Å². The number of nitrogens with one attached hydrogen (secondary N) is 2. The van der Waals surface area contributed by atoms with Crippen LogP contribution in [-0.2, 0) is 29.1 Å². The molecule has 2 N–H and O–H groups in total. The van der Waals surface area contributed by atoms with E-state index in [1.165, 1.54) is 16.2 Å². The van der Waals surface area contributed by atoms with E-state index in [4.69, 9.17) is 23.2 Å². The smallest absolute Gasteiger partial charge is 0.312 e. The summed E-state index contributed by atoms with van der Waals surface area (Å²) in [7, 11) is 0. The number of rotatable bonds is 4. The summed E-state index contributed by atoms with van der Waals surface area (Å²) in [5.41, 5.74) is 2.40. The van der Waals surface area contributed by atoms with Gasteiger partial charge in [-0.3, -0.25) is 9.59 Å². The predicted molar refractivity (Wildman–Crippen MR) is 117 cm³/mol. The molecule has 0 bridgehead atoms. The number of amides is 2. The maximum atomic E-state index is 12.6. The number of hydrogen-bond acceptors (Lipinski definition) is 6. The highest BCUT2D eigenvalue weighted by atomic mass is 35.5. The monoisotopic (exact) mass is 461 g/mol. The van der Waals surface area contributed by atoms with Crippen LogP contribution in [0, 0.1) is 0 Å². The molecule has 1 aromatic carbocycles. The standard InChI is InChI=1S/C20H17Cl2N5O2S/c21-14-2-1-3-15(22)13(14)10-24-18(28)19(29)27-8-6-12-4-5-17(25-16(12)11-27)26-20-23-7-9-30-20/h1-5,7,9H,6,8,10-11H2,(H,24,28)(H,23,25,26). The molecule has 1 aliphatic rings. The molecule has 154 valence electrons. The van der Waals surface area contributed by atoms with Gasteiger partial charge in [0.05, 0.1) is 12.2 Å². The summed E-state index contributed by atoms with van der Waals surface area (Å²) in [5.74, 6) is -0.661. The Labute approximate surface area is 187 Å². The minimum atomic E-state index is -0.702. The van der Waals surface area contributed by atoms with Crippen LogP contribution in [0.5, 0.6) is 0 Å². The molecule has 2 aromatic heterocycles. The molecular formula is C20H17Cl2N5O2S. The lowest BCUT2D eigenvalue weighted by Gasteiger charge is -2.28. The van der Waals surface area contributed by atoms with Crippen molar-refractivity contribution in [3.8, 4) is 0 Å². The number of aromatic nitrogens is 2. The van der Waals surface area contributed by atoms with Gasteiger partial charge in [-0.05, 0) is 30.2 Å². The van der Waals surface area contributed by atoms with Crippen LogP contribution >= 0.6 is 34.5 Å². The van der Waals surface area contributed by atoms with Crippen LogP contribution in [-0.4, -0.2) is 33.2 Å². The first-order chi connectivity index (χ1) is 14.5. The number of pyridine rings is 1. The molecule has 0 atom stereocenters. The summed E-state index contributed by atoms with van der Waals surface area (Å²) in [5, 5.41) is 9.23. The predicted octanol–water partition coefficient (Wildman–Crippen LogP) is 3.79. The number of anilines is 2. The molecule has 0 saturated carbocycles. The summed E-state index contributed by atoms with van der Waals surface area (Å²) < 4.78 is 0. The number of nitrogens with zero attached hydrogens (tertiary/aromatic N) is 3. The van der Waals surface area contributed by atoms with Crippen LogP contribution in [0.25, 0.3) is 0 Å². The molecule has 4 rings (SSSR count). The molecule has 0 unspecified atom stereocenters. The average Bonchev–Trinajstić information content (AvgIpc) is 3.25. The van der Waals surface area contributed by atoms with E-state index in [1.807, 2.05) is 17.5 Å². The zero-order chi connectivity index (χ0) is 21.1. The van der Waals surface area contributed by atoms with Crippen LogP contribution in [0.15, 0.2) is 41.9 Å². The Morgan fingerprint density at radius 2 is 1.97 bits per heavy atom. The molecule has 1 aliphatic heterocycles. The van der Waals surface area contributed by atoms with Crippen LogP contribution in [0.4, 0.5) is 10.9 Å². The van der Waals surface area contributed by atoms with Crippen LogP contribution in [0.3, 0.4) is 0 Å². The van der Waals surface area contributed by atoms with Crippen molar-refractivity contribution in [2.24, 2.45) is 0 Å². The summed E-state index contributed by atoms with van der Waals surface area (Å²) in [4.78, 5) is 35.3. The van der Waals surface area contributed by atoms with Crippen LogP contribution < -0.4 is 10.6 Å². The minimum absolute atomic E-state index is 0.0770. The Hall–Kier alpha value is -2.68. The van der Waals surface area contributed by atoms with E-state index in [1.54, 1.807) is 24.4 Å². The third kappa shape index (κ3) is 4.56. The Bertz CT molecular complexity index is 1070. The molecular weight excluding hydrogens is 445 g/mol. The number of halogens is 2. The normalized spacial score (nSPS) is 12.9. The highest BCUT2D eigenvalue weighted by molar-refractivity contribution is 7.13. The van der Waals surface area contributed by atoms with Gasteiger partial charge in [-0.2, -0.15) is 0 Å². The topological polar surface area (TPSA) is 87.2 Å². The third-order valence-electron chi connectivity index (χ3n) is 4.70. The van der Waals surface area contributed by atoms with Crippen molar-refractivity contribution in [2.45, 2.75) is 19.5 Å². The maximum Gasteiger partial charge on any atom is 0.312 e. The molecule has 30 heavy (non-hydrogen) atoms. The highest BCUT2D eigenvalue weighted by Crippen LogP contribution is 2.24. The fraction of sp³-hybridized carbons (Fsp3) is 0.200. The zero-order valence-electron chi connectivity index (χ0n) is 15.7. The van der Waals surface area contributed by atoms with Crippen molar-refractivity contribution in [3.63, 3.8) is 0 Å². The van der Waals surface area contributed by atoms with E-state index >= 15 is 0 Å². The van der Waals surface area contributed by atoms with Gasteiger partial charge >= 0.3 is 11.8 Å². The Morgan fingerprint density at radius 3 is 2.70 bits per heavy atom. The van der Waals surface area contributed by atoms with Crippen molar-refractivity contribution < 1.29 is 9.59 Å². The number of fused-ring (bicyclic) bond motifs is 1. The first kappa shape index (κ1) is 20.6. The molecule has 0 fully saturated rings. The number of benzene rings is 1. The van der Waals surface area contributed by atoms with Crippen LogP contribution in [0.2, 0.25) is 10.0 Å². The first-order valence-electron chi connectivity index (χ1n) is 9.16. The second kappa shape index (κ2) is 8.99. The molecule has 0 saturated heterocycles. The molecule has 0 radical (unpaired) electrons. The van der Waals surface area contributed by atoms with Gasteiger partial charge < -0.3 is 15.5 Å². The summed E-state index contributed by atoms with van der Waals surface area (Å²) in [6.45, 7) is 0.794. The lowest BCUT2D eigenvalue weighted by atomic mass is 10.0. The second-order valence-electron chi connectivity index (χ2n) is 6.62. The molecule has 0 spiro atoms. The summed E-state index contributed by atoms with van der Waals surface area (Å²) >= 11 is 13.7. The molecule has 7 nitrogen and oxygen atoms in total. The minimum Gasteiger partial charge on any atom is -0.344 e. The molecule has 10 heteroatoms. The van der Waals surface area contributed by atoms with Gasteiger partial charge in [0, 0.05) is 40.3 Å². The number of thiazole rings is 1. The van der Waals surface area contributed by atoms with Gasteiger partial charge in [0.1, 0.15) is 5.82 Å². The summed E-state index contributed by atoms with van der Waals surface area (Å²) in [6, 6.07) is 8.96. The van der Waals surface area contributed by atoms with E-state index in [9.17, 15) is 9.59 Å². The molecule has 2 amide bonds. The molecule has 0 aliphatic carbocycles. The average molecular weight is 462 g/mol. The number of hydrogen-bond donors (Lipinski definition) is 2. The lowest BCUT2D eigenvalue weighted by Crippen LogP contribution is -2.45. The van der Waals surface area contributed by atoms with Crippen molar-refractivity contribution in [2.75, 3.05) is 11.9 Å². The quantitative estimate of drug-likeness (QED) is 0.577. The van der Waals surface area contributed by atoms with Gasteiger partial charge in [-0.25, -0.2) is 9.97 Å². The van der Waals surface area contributed by atoms with E-state index in [2.05, 4.69) is 20.6 Å². The molecule has 3 heterocycles. The van der Waals surface area contributed by atoms with E-state index in [0.29, 0.717) is 34.4 Å². The van der Waals surface area contributed by atoms with E-state index < -0.39 is 11.8 Å². The SMILES string of the molecule is O=C(NCc1c(Cl)cccc1Cl)C(=O)N1CCc2ccc(Nc3nccs3)nc2C1. The largest absolute Gasteiger partial charge is 0.344 e. The van der Waals surface area contributed by atoms with Gasteiger partial charge in [-0.15, -0.1) is 11.3 Å². The van der Waals surface area contributed by atoms with Crippen molar-refractivity contribution in [3.05, 3.63) is 68.8 Å². The van der Waals surface area contributed by atoms with Gasteiger partial charge in [0.15, 0.2) is 5.13 Å². The third-order valence-corrected chi connectivity index (χ3v) is 6.09. The Morgan fingerprint density at radius 1 is 1.17 bits per heavy atom.